The number of thioether (sulfide) groups is 1. The summed E-state index contributed by atoms with van der Waals surface area (Å²) in [5, 5.41) is 17.7. The van der Waals surface area contributed by atoms with Crippen molar-refractivity contribution in [3.8, 4) is 12.1 Å². The molecule has 17 heavy (non-hydrogen) atoms. The van der Waals surface area contributed by atoms with Gasteiger partial charge in [-0.2, -0.15) is 10.5 Å². The second-order valence-electron chi connectivity index (χ2n) is 3.62. The van der Waals surface area contributed by atoms with Crippen LogP contribution in [0.4, 0.5) is 0 Å². The van der Waals surface area contributed by atoms with Gasteiger partial charge in [0, 0.05) is 4.90 Å². The normalized spacial score (nSPS) is 9.94. The van der Waals surface area contributed by atoms with Crippen LogP contribution in [-0.4, -0.2) is 19.6 Å². The third-order valence-electron chi connectivity index (χ3n) is 2.18. The minimum absolute atomic E-state index is 0.422. The van der Waals surface area contributed by atoms with Crippen molar-refractivity contribution >= 4 is 20.8 Å². The first-order valence-electron chi connectivity index (χ1n) is 5.26. The fourth-order valence-corrected chi connectivity index (χ4v) is 3.16. The van der Waals surface area contributed by atoms with Crippen LogP contribution in [-0.2, 0) is 0 Å². The van der Waals surface area contributed by atoms with Crippen molar-refractivity contribution in [3.63, 3.8) is 0 Å². The summed E-state index contributed by atoms with van der Waals surface area (Å²) < 4.78 is 0. The SMILES string of the molecule is C[Si](O)CCCSc1ccc(C#N)c(C#N)c1. The Bertz CT molecular complexity index is 463. The summed E-state index contributed by atoms with van der Waals surface area (Å²) in [5.74, 6) is 0.930. The molecule has 0 unspecified atom stereocenters. The van der Waals surface area contributed by atoms with Crippen LogP contribution in [0.5, 0.6) is 0 Å². The summed E-state index contributed by atoms with van der Waals surface area (Å²) in [4.78, 5) is 10.2. The highest BCUT2D eigenvalue weighted by Gasteiger charge is 2.04. The Balaban J connectivity index is 2.56. The van der Waals surface area contributed by atoms with Gasteiger partial charge in [-0.15, -0.1) is 11.8 Å². The Labute approximate surface area is 107 Å². The molecule has 5 heteroatoms. The predicted molar refractivity (Wildman–Crippen MR) is 69.9 cm³/mol. The van der Waals surface area contributed by atoms with Crippen molar-refractivity contribution < 1.29 is 4.80 Å². The van der Waals surface area contributed by atoms with E-state index in [-0.39, 0.29) is 0 Å². The highest BCUT2D eigenvalue weighted by Crippen LogP contribution is 2.22. The average molecular weight is 261 g/mol. The van der Waals surface area contributed by atoms with E-state index in [0.29, 0.717) is 11.1 Å². The van der Waals surface area contributed by atoms with Crippen molar-refractivity contribution in [3.05, 3.63) is 29.3 Å². The van der Waals surface area contributed by atoms with Crippen LogP contribution >= 0.6 is 11.8 Å². The molecular formula is C12H13N2OSSi. The second kappa shape index (κ2) is 7.13. The van der Waals surface area contributed by atoms with Crippen LogP contribution in [0.3, 0.4) is 0 Å². The van der Waals surface area contributed by atoms with Gasteiger partial charge in [0.25, 0.3) is 0 Å². The highest BCUT2D eigenvalue weighted by atomic mass is 32.2. The number of nitriles is 2. The van der Waals surface area contributed by atoms with Gasteiger partial charge in [0.2, 0.25) is 9.04 Å². The molecule has 0 aliphatic carbocycles. The summed E-state index contributed by atoms with van der Waals surface area (Å²) in [5.41, 5.74) is 0.853. The van der Waals surface area contributed by atoms with Gasteiger partial charge >= 0.3 is 0 Å². The molecule has 3 nitrogen and oxygen atoms in total. The van der Waals surface area contributed by atoms with E-state index in [0.717, 1.165) is 23.1 Å². The molecule has 0 atom stereocenters. The molecule has 1 radical (unpaired) electrons. The summed E-state index contributed by atoms with van der Waals surface area (Å²) in [6, 6.07) is 10.2. The molecule has 0 saturated heterocycles. The third kappa shape index (κ3) is 4.62. The number of benzene rings is 1. The van der Waals surface area contributed by atoms with Gasteiger partial charge < -0.3 is 4.80 Å². The Morgan fingerprint density at radius 2 is 2.00 bits per heavy atom. The van der Waals surface area contributed by atoms with E-state index in [1.165, 1.54) is 0 Å². The van der Waals surface area contributed by atoms with E-state index in [2.05, 4.69) is 0 Å². The van der Waals surface area contributed by atoms with E-state index in [1.54, 1.807) is 23.9 Å². The van der Waals surface area contributed by atoms with E-state index < -0.39 is 9.04 Å². The Hall–Kier alpha value is -1.27. The summed E-state index contributed by atoms with van der Waals surface area (Å²) in [6.07, 6.45) is 0.980. The van der Waals surface area contributed by atoms with Gasteiger partial charge in [-0.05, 0) is 43.0 Å². The second-order valence-corrected chi connectivity index (χ2v) is 6.76. The quantitative estimate of drug-likeness (QED) is 0.502. The van der Waals surface area contributed by atoms with Gasteiger partial charge in [0.05, 0.1) is 11.1 Å². The predicted octanol–water partition coefficient (Wildman–Crippen LogP) is 2.53. The lowest BCUT2D eigenvalue weighted by molar-refractivity contribution is 0.575. The molecule has 0 aliphatic heterocycles. The molecule has 0 saturated carbocycles. The highest BCUT2D eigenvalue weighted by molar-refractivity contribution is 7.99. The molecule has 1 aromatic carbocycles. The van der Waals surface area contributed by atoms with Crippen molar-refractivity contribution in [2.45, 2.75) is 23.9 Å². The number of nitrogens with zero attached hydrogens (tertiary/aromatic N) is 2. The average Bonchev–Trinajstić information content (AvgIpc) is 2.34. The molecule has 0 amide bonds. The number of hydrogen-bond donors (Lipinski definition) is 1. The molecule has 0 spiro atoms. The maximum atomic E-state index is 9.21. The lowest BCUT2D eigenvalue weighted by Crippen LogP contribution is -2.04. The maximum Gasteiger partial charge on any atom is 0.203 e. The van der Waals surface area contributed by atoms with Crippen LogP contribution in [0.15, 0.2) is 23.1 Å². The van der Waals surface area contributed by atoms with E-state index >= 15 is 0 Å². The maximum absolute atomic E-state index is 9.21. The zero-order valence-electron chi connectivity index (χ0n) is 9.60. The van der Waals surface area contributed by atoms with Gasteiger partial charge in [0.1, 0.15) is 12.1 Å². The Kier molecular flexibility index (Phi) is 5.78. The summed E-state index contributed by atoms with van der Waals surface area (Å²) in [7, 11) is -1.12. The standard InChI is InChI=1S/C12H13N2OSSi/c1-17(15)6-2-5-16-12-4-3-10(8-13)11(7-12)9-14/h3-4,7,15H,2,5-6H2,1H3. The minimum atomic E-state index is -1.12. The molecule has 1 rings (SSSR count). The largest absolute Gasteiger partial charge is 0.432 e. The monoisotopic (exact) mass is 261 g/mol. The van der Waals surface area contributed by atoms with Crippen LogP contribution in [0.25, 0.3) is 0 Å². The first-order valence-corrected chi connectivity index (χ1v) is 8.40. The van der Waals surface area contributed by atoms with E-state index in [4.69, 9.17) is 10.5 Å². The number of rotatable bonds is 5. The van der Waals surface area contributed by atoms with Crippen molar-refractivity contribution in [1.82, 2.24) is 0 Å². The van der Waals surface area contributed by atoms with Crippen molar-refractivity contribution in [2.24, 2.45) is 0 Å². The van der Waals surface area contributed by atoms with Gasteiger partial charge in [-0.25, -0.2) is 0 Å². The fraction of sp³-hybridized carbons (Fsp3) is 0.333. The molecule has 0 heterocycles. The Morgan fingerprint density at radius 1 is 1.29 bits per heavy atom. The van der Waals surface area contributed by atoms with E-state index in [9.17, 15) is 4.80 Å². The molecule has 87 valence electrons. The lowest BCUT2D eigenvalue weighted by atomic mass is 10.1. The lowest BCUT2D eigenvalue weighted by Gasteiger charge is -2.03. The van der Waals surface area contributed by atoms with E-state index in [1.807, 2.05) is 24.8 Å². The topological polar surface area (TPSA) is 67.8 Å². The smallest absolute Gasteiger partial charge is 0.203 e. The minimum Gasteiger partial charge on any atom is -0.432 e. The summed E-state index contributed by atoms with van der Waals surface area (Å²) >= 11 is 1.66. The molecular weight excluding hydrogens is 248 g/mol. The van der Waals surface area contributed by atoms with Crippen LogP contribution in [0, 0.1) is 22.7 Å². The van der Waals surface area contributed by atoms with Crippen molar-refractivity contribution in [1.29, 1.82) is 10.5 Å². The van der Waals surface area contributed by atoms with Gasteiger partial charge in [-0.1, -0.05) is 0 Å². The molecule has 0 aromatic heterocycles. The van der Waals surface area contributed by atoms with Crippen LogP contribution in [0.1, 0.15) is 17.5 Å². The molecule has 1 aromatic rings. The molecule has 0 bridgehead atoms. The molecule has 1 N–H and O–H groups in total. The molecule has 0 fully saturated rings. The van der Waals surface area contributed by atoms with Gasteiger partial charge in [-0.3, -0.25) is 0 Å². The first kappa shape index (κ1) is 13.8. The first-order chi connectivity index (χ1) is 8.17. The number of hydrogen-bond acceptors (Lipinski definition) is 4. The van der Waals surface area contributed by atoms with Crippen LogP contribution in [0.2, 0.25) is 12.6 Å². The zero-order chi connectivity index (χ0) is 12.7. The molecule has 0 aliphatic rings. The van der Waals surface area contributed by atoms with Crippen LogP contribution < -0.4 is 0 Å². The third-order valence-corrected chi connectivity index (χ3v) is 4.34. The van der Waals surface area contributed by atoms with Gasteiger partial charge in [0.15, 0.2) is 0 Å². The zero-order valence-corrected chi connectivity index (χ0v) is 11.4. The summed E-state index contributed by atoms with van der Waals surface area (Å²) in [6.45, 7) is 1.88. The Morgan fingerprint density at radius 3 is 2.59 bits per heavy atom. The fourth-order valence-electron chi connectivity index (χ4n) is 1.32. The van der Waals surface area contributed by atoms with Crippen molar-refractivity contribution in [2.75, 3.05) is 5.75 Å².